The first-order valence-corrected chi connectivity index (χ1v) is 12.6. The normalized spacial score (nSPS) is 14.8. The molecule has 0 saturated heterocycles. The Morgan fingerprint density at radius 1 is 0.500 bits per heavy atom. The van der Waals surface area contributed by atoms with Crippen LogP contribution in [0.2, 0.25) is 19.6 Å². The van der Waals surface area contributed by atoms with Crippen molar-refractivity contribution in [1.29, 1.82) is 0 Å². The van der Waals surface area contributed by atoms with E-state index in [2.05, 4.69) is 0 Å². The molecular formula is C20H13BF10Si. The smallest absolute Gasteiger partial charge is 0.200 e. The van der Waals surface area contributed by atoms with Crippen molar-refractivity contribution < 1.29 is 43.9 Å². The highest BCUT2D eigenvalue weighted by molar-refractivity contribution is 6.84. The minimum absolute atomic E-state index is 0.0513. The van der Waals surface area contributed by atoms with E-state index in [0.29, 0.717) is 0 Å². The lowest BCUT2D eigenvalue weighted by Gasteiger charge is -2.23. The molecule has 0 nitrogen and oxygen atoms in total. The lowest BCUT2D eigenvalue weighted by molar-refractivity contribution is 0.375. The number of benzene rings is 2. The summed E-state index contributed by atoms with van der Waals surface area (Å²) in [4.78, 5) is 0. The molecule has 0 aromatic heterocycles. The highest BCUT2D eigenvalue weighted by Crippen LogP contribution is 2.50. The van der Waals surface area contributed by atoms with Crippen LogP contribution in [0.15, 0.2) is 10.7 Å². The molecule has 0 saturated carbocycles. The van der Waals surface area contributed by atoms with Gasteiger partial charge in [0.2, 0.25) is 11.6 Å². The maximum Gasteiger partial charge on any atom is 0.200 e. The van der Waals surface area contributed by atoms with Gasteiger partial charge in [0.1, 0.15) is 7.85 Å². The molecule has 32 heavy (non-hydrogen) atoms. The number of hydrogen-bond acceptors (Lipinski definition) is 0. The van der Waals surface area contributed by atoms with Gasteiger partial charge in [-0.05, 0) is 17.6 Å². The van der Waals surface area contributed by atoms with Crippen LogP contribution in [0.1, 0.15) is 17.5 Å². The van der Waals surface area contributed by atoms with Crippen LogP contribution in [0.5, 0.6) is 0 Å². The molecule has 0 aliphatic heterocycles. The third kappa shape index (κ3) is 3.39. The topological polar surface area (TPSA) is 0 Å². The molecular weight excluding hydrogens is 469 g/mol. The summed E-state index contributed by atoms with van der Waals surface area (Å²) in [7, 11) is -1.48. The number of allylic oxidation sites excluding steroid dienone is 4. The lowest BCUT2D eigenvalue weighted by Crippen LogP contribution is -2.25. The van der Waals surface area contributed by atoms with Gasteiger partial charge in [0.25, 0.3) is 0 Å². The molecule has 3 rings (SSSR count). The number of halogens is 10. The fraction of sp³-hybridized carbons (Fsp3) is 0.200. The predicted octanol–water partition coefficient (Wildman–Crippen LogP) is 6.16. The van der Waals surface area contributed by atoms with Crippen LogP contribution in [0.4, 0.5) is 43.9 Å². The van der Waals surface area contributed by atoms with Gasteiger partial charge >= 0.3 is 0 Å². The average molecular weight is 482 g/mol. The average Bonchev–Trinajstić information content (AvgIpc) is 3.05. The molecule has 0 atom stereocenters. The van der Waals surface area contributed by atoms with E-state index < -0.39 is 88.5 Å². The molecule has 2 aromatic rings. The lowest BCUT2D eigenvalue weighted by atomic mass is 9.84. The van der Waals surface area contributed by atoms with Crippen LogP contribution >= 0.6 is 0 Å². The summed E-state index contributed by atoms with van der Waals surface area (Å²) in [6, 6.07) is 0. The molecule has 0 fully saturated rings. The van der Waals surface area contributed by atoms with Gasteiger partial charge in [-0.3, -0.25) is 0 Å². The molecule has 0 N–H and O–H groups in total. The Balaban J connectivity index is 2.54. The Morgan fingerprint density at radius 3 is 1.09 bits per heavy atom. The van der Waals surface area contributed by atoms with E-state index in [0.717, 1.165) is 0 Å². The zero-order valence-electron chi connectivity index (χ0n) is 17.0. The summed E-state index contributed by atoms with van der Waals surface area (Å²) in [5, 5.41) is 0.122. The van der Waals surface area contributed by atoms with E-state index in [-0.39, 0.29) is 17.1 Å². The summed E-state index contributed by atoms with van der Waals surface area (Å²) in [6.45, 7) is 4.88. The molecule has 0 heterocycles. The van der Waals surface area contributed by atoms with Crippen LogP contribution in [0.25, 0.3) is 11.1 Å². The Kier molecular flexibility index (Phi) is 5.90. The molecule has 170 valence electrons. The van der Waals surface area contributed by atoms with Gasteiger partial charge in [0.15, 0.2) is 46.5 Å². The third-order valence-electron chi connectivity index (χ3n) is 5.25. The minimum Gasteiger partial charge on any atom is -0.203 e. The first kappa shape index (κ1) is 24.2. The van der Waals surface area contributed by atoms with Crippen molar-refractivity contribution in [1.82, 2.24) is 0 Å². The predicted molar refractivity (Wildman–Crippen MR) is 103 cm³/mol. The largest absolute Gasteiger partial charge is 0.203 e. The van der Waals surface area contributed by atoms with Gasteiger partial charge in [-0.2, -0.15) is 0 Å². The second-order valence-electron chi connectivity index (χ2n) is 8.33. The van der Waals surface area contributed by atoms with Gasteiger partial charge in [-0.15, -0.1) is 0 Å². The number of hydrogen-bond donors (Lipinski definition) is 0. The SMILES string of the molecule is BC1=C(c2c(F)c(F)c(F)c(F)c2F)C(c2c(F)c(F)c(F)c(F)c2F)=C([Si](C)(C)C)C1. The maximum absolute atomic E-state index is 14.7. The first-order valence-electron chi connectivity index (χ1n) is 9.10. The highest BCUT2D eigenvalue weighted by atomic mass is 28.3. The monoisotopic (exact) mass is 482 g/mol. The van der Waals surface area contributed by atoms with Crippen LogP contribution in [0.3, 0.4) is 0 Å². The zero-order chi connectivity index (χ0) is 24.4. The van der Waals surface area contributed by atoms with Gasteiger partial charge in [0, 0.05) is 0 Å². The molecule has 0 radical (unpaired) electrons. The molecule has 0 unspecified atom stereocenters. The molecule has 1 aliphatic rings. The van der Waals surface area contributed by atoms with E-state index in [1.807, 2.05) is 0 Å². The van der Waals surface area contributed by atoms with E-state index in [1.165, 1.54) is 7.85 Å². The Labute approximate surface area is 177 Å². The van der Waals surface area contributed by atoms with E-state index in [1.54, 1.807) is 19.6 Å². The fourth-order valence-electron chi connectivity index (χ4n) is 3.71. The van der Waals surface area contributed by atoms with E-state index in [9.17, 15) is 43.9 Å². The van der Waals surface area contributed by atoms with Gasteiger partial charge < -0.3 is 0 Å². The van der Waals surface area contributed by atoms with Gasteiger partial charge in [0.05, 0.1) is 19.2 Å². The van der Waals surface area contributed by atoms with Crippen LogP contribution < -0.4 is 0 Å². The fourth-order valence-corrected chi connectivity index (χ4v) is 5.50. The zero-order valence-corrected chi connectivity index (χ0v) is 18.0. The Hall–Kier alpha value is -2.50. The molecule has 2 aromatic carbocycles. The first-order chi connectivity index (χ1) is 14.6. The van der Waals surface area contributed by atoms with Crippen molar-refractivity contribution in [2.24, 2.45) is 0 Å². The Bertz CT molecular complexity index is 1180. The Morgan fingerprint density at radius 2 is 0.781 bits per heavy atom. The summed E-state index contributed by atoms with van der Waals surface area (Å²) < 4.78 is 141. The van der Waals surface area contributed by atoms with Crippen LogP contribution in [-0.2, 0) is 0 Å². The molecule has 0 bridgehead atoms. The summed E-state index contributed by atoms with van der Waals surface area (Å²) in [6.07, 6.45) is -0.209. The highest BCUT2D eigenvalue weighted by Gasteiger charge is 2.40. The summed E-state index contributed by atoms with van der Waals surface area (Å²) in [5.74, 6) is -23.2. The van der Waals surface area contributed by atoms with Crippen molar-refractivity contribution in [2.45, 2.75) is 26.1 Å². The molecule has 0 amide bonds. The summed E-state index contributed by atoms with van der Waals surface area (Å²) in [5.41, 5.74) is -4.57. The second-order valence-corrected chi connectivity index (χ2v) is 13.4. The number of rotatable bonds is 3. The summed E-state index contributed by atoms with van der Waals surface area (Å²) >= 11 is 0. The van der Waals surface area contributed by atoms with E-state index >= 15 is 0 Å². The van der Waals surface area contributed by atoms with Crippen molar-refractivity contribution in [3.63, 3.8) is 0 Å². The van der Waals surface area contributed by atoms with Crippen LogP contribution in [0, 0.1) is 58.2 Å². The molecule has 12 heteroatoms. The maximum atomic E-state index is 14.7. The van der Waals surface area contributed by atoms with Crippen molar-refractivity contribution in [2.75, 3.05) is 0 Å². The van der Waals surface area contributed by atoms with Crippen LogP contribution in [-0.4, -0.2) is 15.9 Å². The molecule has 0 spiro atoms. The standard InChI is InChI=1S/C20H13BF10Si/c1-32(2,3)6-4-5(21)7(9-11(22)15(26)19(30)16(27)12(9)23)8(6)10-13(24)17(28)20(31)18(29)14(10)25/h4,21H2,1-3H3. The van der Waals surface area contributed by atoms with Crippen molar-refractivity contribution >= 4 is 27.1 Å². The third-order valence-corrected chi connectivity index (χ3v) is 7.48. The second kappa shape index (κ2) is 7.82. The minimum atomic E-state index is -2.69. The quantitative estimate of drug-likeness (QED) is 0.213. The molecule has 1 aliphatic carbocycles. The van der Waals surface area contributed by atoms with Crippen molar-refractivity contribution in [3.8, 4) is 0 Å². The van der Waals surface area contributed by atoms with Gasteiger partial charge in [-0.25, -0.2) is 43.9 Å². The van der Waals surface area contributed by atoms with E-state index in [4.69, 9.17) is 0 Å². The van der Waals surface area contributed by atoms with Gasteiger partial charge in [-0.1, -0.05) is 30.3 Å². The van der Waals surface area contributed by atoms with Crippen molar-refractivity contribution in [3.05, 3.63) is 80.0 Å².